The van der Waals surface area contributed by atoms with Crippen LogP contribution in [-0.4, -0.2) is 79.0 Å². The number of halogens is 1. The fourth-order valence-corrected chi connectivity index (χ4v) is 9.66. The van der Waals surface area contributed by atoms with Crippen molar-refractivity contribution in [1.29, 1.82) is 0 Å². The van der Waals surface area contributed by atoms with Gasteiger partial charge in [0.05, 0.1) is 10.9 Å². The zero-order chi connectivity index (χ0) is 24.9. The Labute approximate surface area is 220 Å². The Morgan fingerprint density at radius 3 is 2.14 bits per heavy atom. The van der Waals surface area contributed by atoms with Crippen LogP contribution in [0.25, 0.3) is 0 Å². The van der Waals surface area contributed by atoms with E-state index in [4.69, 9.17) is 16.3 Å². The SMILES string of the molecule is O=C(O[C@H]1C2CCC2C2CCCC1N2S(=O)(=O)c1ccc(Cl)cc1)N1CCC(N2CCCCC2)CC1. The Hall–Kier alpha value is -1.35. The first-order chi connectivity index (χ1) is 17.4. The highest BCUT2D eigenvalue weighted by molar-refractivity contribution is 7.89. The molecule has 4 heterocycles. The second-order valence-electron chi connectivity index (χ2n) is 11.4. The molecule has 198 valence electrons. The molecule has 7 nitrogen and oxygen atoms in total. The number of hydrogen-bond acceptors (Lipinski definition) is 5. The molecule has 0 radical (unpaired) electrons. The van der Waals surface area contributed by atoms with E-state index in [0.29, 0.717) is 11.1 Å². The number of hydrogen-bond donors (Lipinski definition) is 0. The van der Waals surface area contributed by atoms with Gasteiger partial charge in [0.1, 0.15) is 6.10 Å². The van der Waals surface area contributed by atoms with E-state index in [2.05, 4.69) is 4.90 Å². The number of benzene rings is 1. The van der Waals surface area contributed by atoms with Gasteiger partial charge in [0.25, 0.3) is 0 Å². The third-order valence-corrected chi connectivity index (χ3v) is 11.8. The van der Waals surface area contributed by atoms with Gasteiger partial charge in [0.2, 0.25) is 10.0 Å². The molecule has 5 atom stereocenters. The Bertz CT molecular complexity index is 1050. The summed E-state index contributed by atoms with van der Waals surface area (Å²) in [5.74, 6) is 0.540. The highest BCUT2D eigenvalue weighted by atomic mass is 35.5. The van der Waals surface area contributed by atoms with Gasteiger partial charge in [-0.3, -0.25) is 0 Å². The van der Waals surface area contributed by atoms with Crippen molar-refractivity contribution in [2.24, 2.45) is 11.8 Å². The van der Waals surface area contributed by atoms with E-state index in [1.807, 2.05) is 4.90 Å². The molecule has 5 aliphatic rings. The molecule has 0 aromatic heterocycles. The lowest BCUT2D eigenvalue weighted by Gasteiger charge is -2.59. The van der Waals surface area contributed by atoms with Crippen LogP contribution < -0.4 is 0 Å². The van der Waals surface area contributed by atoms with Gasteiger partial charge in [0.15, 0.2) is 0 Å². The van der Waals surface area contributed by atoms with Crippen LogP contribution in [0.3, 0.4) is 0 Å². The van der Waals surface area contributed by atoms with Crippen molar-refractivity contribution in [3.63, 3.8) is 0 Å². The molecule has 1 amide bonds. The molecule has 36 heavy (non-hydrogen) atoms. The molecule has 1 aromatic carbocycles. The fourth-order valence-electron chi connectivity index (χ4n) is 7.61. The van der Waals surface area contributed by atoms with E-state index in [0.717, 1.165) is 58.0 Å². The lowest BCUT2D eigenvalue weighted by molar-refractivity contribution is -0.128. The molecular weight excluding hydrogens is 498 g/mol. The molecule has 2 bridgehead atoms. The molecule has 1 saturated carbocycles. The number of likely N-dealkylation sites (tertiary alicyclic amines) is 2. The van der Waals surface area contributed by atoms with Crippen molar-refractivity contribution in [3.05, 3.63) is 29.3 Å². The van der Waals surface area contributed by atoms with Crippen LogP contribution in [0.2, 0.25) is 5.02 Å². The van der Waals surface area contributed by atoms with Crippen LogP contribution in [0.15, 0.2) is 29.2 Å². The quantitative estimate of drug-likeness (QED) is 0.556. The van der Waals surface area contributed by atoms with Gasteiger partial charge in [-0.25, -0.2) is 13.2 Å². The van der Waals surface area contributed by atoms with Crippen LogP contribution in [0.5, 0.6) is 0 Å². The summed E-state index contributed by atoms with van der Waals surface area (Å²) in [5.41, 5.74) is 0. The molecule has 1 aromatic rings. The van der Waals surface area contributed by atoms with Gasteiger partial charge in [-0.1, -0.05) is 24.4 Å². The fraction of sp³-hybridized carbons (Fsp3) is 0.741. The number of ether oxygens (including phenoxy) is 1. The molecule has 4 saturated heterocycles. The molecule has 0 spiro atoms. The van der Waals surface area contributed by atoms with Crippen molar-refractivity contribution in [2.45, 2.75) is 93.3 Å². The molecule has 6 rings (SSSR count). The Balaban J connectivity index is 1.17. The average molecular weight is 536 g/mol. The summed E-state index contributed by atoms with van der Waals surface area (Å²) < 4.78 is 35.7. The minimum absolute atomic E-state index is 0.00146. The van der Waals surface area contributed by atoms with Crippen molar-refractivity contribution < 1.29 is 17.9 Å². The standard InChI is InChI=1S/C27H38ClN3O4S/c28-19-7-9-21(10-8-19)36(33,34)31-24-5-4-6-25(31)26(23-12-11-22(23)24)35-27(32)30-17-13-20(14-18-30)29-15-2-1-3-16-29/h7-10,20,22-26H,1-6,11-18H2/t22?,23?,24?,25?,26-/m0/s1. The van der Waals surface area contributed by atoms with E-state index in [-0.39, 0.29) is 41.0 Å². The number of rotatable bonds is 4. The largest absolute Gasteiger partial charge is 0.444 e. The lowest BCUT2D eigenvalue weighted by Crippen LogP contribution is -2.68. The number of carbonyl (C=O) groups is 1. The Kier molecular flexibility index (Phi) is 6.99. The highest BCUT2D eigenvalue weighted by Gasteiger charge is 2.59. The minimum Gasteiger partial charge on any atom is -0.444 e. The Morgan fingerprint density at radius 1 is 0.806 bits per heavy atom. The average Bonchev–Trinajstić information content (AvgIpc) is 2.87. The first-order valence-electron chi connectivity index (χ1n) is 13.9. The van der Waals surface area contributed by atoms with E-state index in [1.54, 1.807) is 28.6 Å². The van der Waals surface area contributed by atoms with E-state index >= 15 is 0 Å². The monoisotopic (exact) mass is 535 g/mol. The second kappa shape index (κ2) is 10.1. The topological polar surface area (TPSA) is 70.2 Å². The zero-order valence-electron chi connectivity index (χ0n) is 20.9. The predicted octanol–water partition coefficient (Wildman–Crippen LogP) is 4.75. The zero-order valence-corrected chi connectivity index (χ0v) is 22.5. The molecular formula is C27H38ClN3O4S. The number of nitrogens with zero attached hydrogens (tertiary/aromatic N) is 3. The smallest absolute Gasteiger partial charge is 0.410 e. The maximum atomic E-state index is 13.8. The van der Waals surface area contributed by atoms with Crippen LogP contribution in [0.4, 0.5) is 4.79 Å². The van der Waals surface area contributed by atoms with Gasteiger partial charge in [-0.2, -0.15) is 4.31 Å². The normalized spacial score (nSPS) is 34.0. The molecule has 0 N–H and O–H groups in total. The van der Waals surface area contributed by atoms with Crippen LogP contribution in [0, 0.1) is 11.8 Å². The van der Waals surface area contributed by atoms with Crippen LogP contribution >= 0.6 is 11.6 Å². The maximum Gasteiger partial charge on any atom is 0.410 e. The summed E-state index contributed by atoms with van der Waals surface area (Å²) >= 11 is 6.03. The van der Waals surface area contributed by atoms with Gasteiger partial charge in [-0.05, 0) is 94.6 Å². The first kappa shape index (κ1) is 25.0. The Morgan fingerprint density at radius 2 is 1.47 bits per heavy atom. The maximum absolute atomic E-state index is 13.8. The van der Waals surface area contributed by atoms with E-state index < -0.39 is 10.0 Å². The summed E-state index contributed by atoms with van der Waals surface area (Å²) in [6.07, 6.45) is 9.88. The predicted molar refractivity (Wildman–Crippen MR) is 138 cm³/mol. The third kappa shape index (κ3) is 4.46. The van der Waals surface area contributed by atoms with Crippen LogP contribution in [-0.2, 0) is 14.8 Å². The summed E-state index contributed by atoms with van der Waals surface area (Å²) in [6, 6.07) is 6.72. The lowest BCUT2D eigenvalue weighted by atomic mass is 9.60. The first-order valence-corrected chi connectivity index (χ1v) is 15.7. The molecule has 9 heteroatoms. The summed E-state index contributed by atoms with van der Waals surface area (Å²) in [4.78, 5) is 18.1. The van der Waals surface area contributed by atoms with Crippen molar-refractivity contribution >= 4 is 27.7 Å². The minimum atomic E-state index is -3.71. The van der Waals surface area contributed by atoms with E-state index in [1.165, 1.54) is 32.4 Å². The van der Waals surface area contributed by atoms with Gasteiger partial charge < -0.3 is 14.5 Å². The highest BCUT2D eigenvalue weighted by Crippen LogP contribution is 2.53. The molecule has 5 fully saturated rings. The van der Waals surface area contributed by atoms with Crippen molar-refractivity contribution in [1.82, 2.24) is 14.1 Å². The third-order valence-electron chi connectivity index (χ3n) is 9.59. The number of sulfonamides is 1. The van der Waals surface area contributed by atoms with Gasteiger partial charge in [-0.15, -0.1) is 0 Å². The summed E-state index contributed by atoms with van der Waals surface area (Å²) in [5, 5.41) is 0.516. The number of piperidine rings is 4. The van der Waals surface area contributed by atoms with Crippen molar-refractivity contribution in [2.75, 3.05) is 26.2 Å². The number of fused-ring (bicyclic) bond motifs is 4. The van der Waals surface area contributed by atoms with Gasteiger partial charge >= 0.3 is 6.09 Å². The van der Waals surface area contributed by atoms with Gasteiger partial charge in [0, 0.05) is 36.1 Å². The van der Waals surface area contributed by atoms with Crippen molar-refractivity contribution in [3.8, 4) is 0 Å². The van der Waals surface area contributed by atoms with Crippen LogP contribution in [0.1, 0.15) is 64.2 Å². The molecule has 4 aliphatic heterocycles. The molecule has 4 unspecified atom stereocenters. The number of amides is 1. The van der Waals surface area contributed by atoms with E-state index in [9.17, 15) is 13.2 Å². The summed E-state index contributed by atoms with van der Waals surface area (Å²) in [7, 11) is -3.71. The summed E-state index contributed by atoms with van der Waals surface area (Å²) in [6.45, 7) is 3.81. The molecule has 1 aliphatic carbocycles. The second-order valence-corrected chi connectivity index (χ2v) is 13.7. The number of carbonyl (C=O) groups excluding carboxylic acids is 1.